The highest BCUT2D eigenvalue weighted by Gasteiger charge is 2.19. The number of aromatic nitrogens is 3. The van der Waals surface area contributed by atoms with Gasteiger partial charge < -0.3 is 34.3 Å². The number of carboxylic acid groups (broad SMARTS) is 1. The molecule has 1 aliphatic rings. The zero-order valence-corrected chi connectivity index (χ0v) is 22.3. The van der Waals surface area contributed by atoms with Crippen LogP contribution < -0.4 is 19.7 Å². The van der Waals surface area contributed by atoms with Crippen molar-refractivity contribution in [2.24, 2.45) is 0 Å². The number of anilines is 1. The van der Waals surface area contributed by atoms with E-state index in [4.69, 9.17) is 18.9 Å². The molecule has 0 amide bonds. The Kier molecular flexibility index (Phi) is 10.4. The molecular formula is C28H35N5O6. The van der Waals surface area contributed by atoms with E-state index in [9.17, 15) is 9.90 Å². The third-order valence-corrected chi connectivity index (χ3v) is 5.99. The van der Waals surface area contributed by atoms with Gasteiger partial charge in [0.05, 0.1) is 19.8 Å². The number of aliphatic carboxylic acids is 1. The Morgan fingerprint density at radius 3 is 2.46 bits per heavy atom. The molecule has 208 valence electrons. The molecule has 2 heterocycles. The molecule has 39 heavy (non-hydrogen) atoms. The van der Waals surface area contributed by atoms with E-state index in [0.717, 1.165) is 11.1 Å². The second-order valence-corrected chi connectivity index (χ2v) is 9.00. The van der Waals surface area contributed by atoms with Crippen LogP contribution in [0, 0.1) is 6.92 Å². The van der Waals surface area contributed by atoms with Gasteiger partial charge in [-0.05, 0) is 43.7 Å². The number of rotatable bonds is 14. The van der Waals surface area contributed by atoms with E-state index in [1.165, 1.54) is 0 Å². The van der Waals surface area contributed by atoms with Crippen LogP contribution in [0.15, 0.2) is 48.5 Å². The predicted octanol–water partition coefficient (Wildman–Crippen LogP) is 3.01. The maximum atomic E-state index is 11.3. The van der Waals surface area contributed by atoms with Crippen molar-refractivity contribution in [1.82, 2.24) is 20.3 Å². The van der Waals surface area contributed by atoms with E-state index in [2.05, 4.69) is 25.2 Å². The van der Waals surface area contributed by atoms with Gasteiger partial charge in [0.15, 0.2) is 11.9 Å². The third-order valence-electron chi connectivity index (χ3n) is 5.99. The van der Waals surface area contributed by atoms with Crippen LogP contribution in [-0.2, 0) is 27.2 Å². The average molecular weight is 538 g/mol. The number of morpholine rings is 1. The molecule has 3 aromatic rings. The quantitative estimate of drug-likeness (QED) is 0.295. The maximum absolute atomic E-state index is 11.3. The van der Waals surface area contributed by atoms with Gasteiger partial charge in [-0.1, -0.05) is 29.8 Å². The first-order valence-electron chi connectivity index (χ1n) is 13.1. The topological polar surface area (TPSA) is 128 Å². The molecule has 1 fully saturated rings. The van der Waals surface area contributed by atoms with Gasteiger partial charge in [-0.3, -0.25) is 0 Å². The van der Waals surface area contributed by atoms with Crippen molar-refractivity contribution in [3.63, 3.8) is 0 Å². The van der Waals surface area contributed by atoms with Crippen molar-refractivity contribution in [1.29, 1.82) is 0 Å². The summed E-state index contributed by atoms with van der Waals surface area (Å²) < 4.78 is 22.5. The summed E-state index contributed by atoms with van der Waals surface area (Å²) in [6, 6.07) is 15.3. The molecule has 0 bridgehead atoms. The Bertz CT molecular complexity index is 1190. The average Bonchev–Trinajstić information content (AvgIpc) is 2.95. The van der Waals surface area contributed by atoms with Crippen LogP contribution >= 0.6 is 0 Å². The van der Waals surface area contributed by atoms with E-state index in [1.54, 1.807) is 6.92 Å². The van der Waals surface area contributed by atoms with E-state index < -0.39 is 12.1 Å². The fourth-order valence-corrected chi connectivity index (χ4v) is 3.92. The largest absolute Gasteiger partial charge is 0.492 e. The van der Waals surface area contributed by atoms with Gasteiger partial charge in [0.1, 0.15) is 18.1 Å². The molecule has 4 rings (SSSR count). The van der Waals surface area contributed by atoms with Crippen molar-refractivity contribution in [2.45, 2.75) is 32.9 Å². The molecule has 2 aromatic carbocycles. The summed E-state index contributed by atoms with van der Waals surface area (Å²) in [5, 5.41) is 12.6. The van der Waals surface area contributed by atoms with Crippen LogP contribution in [-0.4, -0.2) is 78.2 Å². The second kappa shape index (κ2) is 14.4. The van der Waals surface area contributed by atoms with E-state index in [-0.39, 0.29) is 6.01 Å². The fourth-order valence-electron chi connectivity index (χ4n) is 3.92. The normalized spacial score (nSPS) is 14.2. The summed E-state index contributed by atoms with van der Waals surface area (Å²) in [6.45, 7) is 8.23. The smallest absolute Gasteiger partial charge is 0.333 e. The highest BCUT2D eigenvalue weighted by Crippen LogP contribution is 2.21. The van der Waals surface area contributed by atoms with E-state index in [0.29, 0.717) is 82.3 Å². The van der Waals surface area contributed by atoms with Crippen LogP contribution in [0.5, 0.6) is 17.5 Å². The molecular weight excluding hydrogens is 502 g/mol. The molecule has 1 aromatic heterocycles. The van der Waals surface area contributed by atoms with Gasteiger partial charge in [0, 0.05) is 32.7 Å². The van der Waals surface area contributed by atoms with Gasteiger partial charge in [-0.15, -0.1) is 0 Å². The predicted molar refractivity (Wildman–Crippen MR) is 145 cm³/mol. The number of carbonyl (C=O) groups is 1. The van der Waals surface area contributed by atoms with Crippen molar-refractivity contribution in [3.05, 3.63) is 65.5 Å². The number of nitrogens with one attached hydrogen (secondary N) is 1. The molecule has 1 unspecified atom stereocenters. The van der Waals surface area contributed by atoms with Crippen molar-refractivity contribution >= 4 is 11.9 Å². The lowest BCUT2D eigenvalue weighted by atomic mass is 10.1. The zero-order valence-electron chi connectivity index (χ0n) is 22.3. The highest BCUT2D eigenvalue weighted by molar-refractivity contribution is 5.72. The number of ether oxygens (including phenoxy) is 4. The Morgan fingerprint density at radius 1 is 1.05 bits per heavy atom. The van der Waals surface area contributed by atoms with Gasteiger partial charge in [-0.2, -0.15) is 15.0 Å². The number of aryl methyl sites for hydroxylation is 1. The van der Waals surface area contributed by atoms with Crippen LogP contribution in [0.4, 0.5) is 5.95 Å². The molecule has 11 heteroatoms. The van der Waals surface area contributed by atoms with Crippen LogP contribution in [0.1, 0.15) is 23.9 Å². The zero-order chi connectivity index (χ0) is 27.5. The Labute approximate surface area is 228 Å². The standard InChI is InChI=1S/C28H35N5O6/c1-3-37-24(26(34)35)18-21-6-10-22(11-7-21)38-15-12-29-19-25-30-27(33-13-16-36-17-14-33)32-28(31-25)39-23-8-4-20(2)5-9-23/h4-11,24,29H,3,12-19H2,1-2H3,(H,34,35). The van der Waals surface area contributed by atoms with Crippen LogP contribution in [0.3, 0.4) is 0 Å². The Morgan fingerprint density at radius 2 is 1.77 bits per heavy atom. The molecule has 11 nitrogen and oxygen atoms in total. The SMILES string of the molecule is CCOC(Cc1ccc(OCCNCc2nc(Oc3ccc(C)cc3)nc(N3CCOCC3)n2)cc1)C(=O)O. The Balaban J connectivity index is 1.30. The number of hydrogen-bond donors (Lipinski definition) is 2. The van der Waals surface area contributed by atoms with Crippen LogP contribution in [0.2, 0.25) is 0 Å². The lowest BCUT2D eigenvalue weighted by molar-refractivity contribution is -0.149. The minimum Gasteiger partial charge on any atom is -0.492 e. The second-order valence-electron chi connectivity index (χ2n) is 9.00. The lowest BCUT2D eigenvalue weighted by Crippen LogP contribution is -2.37. The molecule has 1 atom stereocenters. The van der Waals surface area contributed by atoms with Gasteiger partial charge in [0.2, 0.25) is 5.95 Å². The number of benzene rings is 2. The fraction of sp³-hybridized carbons (Fsp3) is 0.429. The first kappa shape index (κ1) is 28.2. The number of carboxylic acids is 1. The summed E-state index contributed by atoms with van der Waals surface area (Å²) in [4.78, 5) is 27.0. The van der Waals surface area contributed by atoms with Gasteiger partial charge in [-0.25, -0.2) is 4.79 Å². The molecule has 1 aliphatic heterocycles. The first-order chi connectivity index (χ1) is 19.0. The number of nitrogens with zero attached hydrogens (tertiary/aromatic N) is 4. The monoisotopic (exact) mass is 537 g/mol. The van der Waals surface area contributed by atoms with Crippen LogP contribution in [0.25, 0.3) is 0 Å². The van der Waals surface area contributed by atoms with Gasteiger partial charge in [0.25, 0.3) is 0 Å². The summed E-state index contributed by atoms with van der Waals surface area (Å²) >= 11 is 0. The van der Waals surface area contributed by atoms with Crippen molar-refractivity contribution in [3.8, 4) is 17.5 Å². The van der Waals surface area contributed by atoms with Crippen molar-refractivity contribution in [2.75, 3.05) is 51.0 Å². The maximum Gasteiger partial charge on any atom is 0.333 e. The molecule has 2 N–H and O–H groups in total. The summed E-state index contributed by atoms with van der Waals surface area (Å²) in [5.41, 5.74) is 2.01. The molecule has 0 spiro atoms. The summed E-state index contributed by atoms with van der Waals surface area (Å²) in [6.07, 6.45) is -0.549. The summed E-state index contributed by atoms with van der Waals surface area (Å²) in [5.74, 6) is 1.53. The Hall–Kier alpha value is -3.80. The lowest BCUT2D eigenvalue weighted by Gasteiger charge is -2.27. The van der Waals surface area contributed by atoms with E-state index >= 15 is 0 Å². The first-order valence-corrected chi connectivity index (χ1v) is 13.1. The molecule has 0 saturated carbocycles. The molecule has 1 saturated heterocycles. The number of hydrogen-bond acceptors (Lipinski definition) is 10. The third kappa shape index (κ3) is 8.88. The van der Waals surface area contributed by atoms with Gasteiger partial charge >= 0.3 is 12.0 Å². The van der Waals surface area contributed by atoms with E-state index in [1.807, 2.05) is 55.5 Å². The minimum absolute atomic E-state index is 0.248. The summed E-state index contributed by atoms with van der Waals surface area (Å²) in [7, 11) is 0. The minimum atomic E-state index is -0.965. The molecule has 0 radical (unpaired) electrons. The highest BCUT2D eigenvalue weighted by atomic mass is 16.5. The molecule has 0 aliphatic carbocycles. The van der Waals surface area contributed by atoms with Crippen molar-refractivity contribution < 1.29 is 28.8 Å².